The zero-order chi connectivity index (χ0) is 14.5. The minimum Gasteiger partial charge on any atom is -0.302 e. The molecule has 2 atom stereocenters. The van der Waals surface area contributed by atoms with Gasteiger partial charge >= 0.3 is 0 Å². The van der Waals surface area contributed by atoms with Gasteiger partial charge in [0.15, 0.2) is 0 Å². The van der Waals surface area contributed by atoms with Crippen molar-refractivity contribution in [1.82, 2.24) is 10.3 Å². The van der Waals surface area contributed by atoms with Crippen LogP contribution in [-0.2, 0) is 6.42 Å². The van der Waals surface area contributed by atoms with Gasteiger partial charge in [-0.25, -0.2) is 0 Å². The van der Waals surface area contributed by atoms with E-state index < -0.39 is 0 Å². The average Bonchev–Trinajstić information content (AvgIpc) is 3.21. The molecule has 0 amide bonds. The summed E-state index contributed by atoms with van der Waals surface area (Å²) in [6, 6.07) is 13.4. The molecular weight excluding hydrogens is 296 g/mol. The van der Waals surface area contributed by atoms with Crippen molar-refractivity contribution < 1.29 is 0 Å². The van der Waals surface area contributed by atoms with Gasteiger partial charge in [-0.2, -0.15) is 0 Å². The number of aromatic nitrogens is 1. The molecule has 0 spiro atoms. The van der Waals surface area contributed by atoms with Gasteiger partial charge in [-0.1, -0.05) is 18.2 Å². The van der Waals surface area contributed by atoms with E-state index in [2.05, 4.69) is 58.3 Å². The van der Waals surface area contributed by atoms with Crippen LogP contribution in [0.4, 0.5) is 0 Å². The lowest BCUT2D eigenvalue weighted by Gasteiger charge is -2.22. The quantitative estimate of drug-likeness (QED) is 0.704. The summed E-state index contributed by atoms with van der Waals surface area (Å²) in [4.78, 5) is 7.02. The number of nitrogens with one attached hydrogen (secondary N) is 1. The Bertz CT molecular complexity index is 633. The molecule has 0 saturated carbocycles. The Hall–Kier alpha value is -1.49. The zero-order valence-corrected chi connectivity index (χ0v) is 13.5. The lowest BCUT2D eigenvalue weighted by atomic mass is 10.1. The number of pyridine rings is 1. The van der Waals surface area contributed by atoms with Gasteiger partial charge in [0.1, 0.15) is 0 Å². The highest BCUT2D eigenvalue weighted by Crippen LogP contribution is 2.27. The van der Waals surface area contributed by atoms with Gasteiger partial charge < -0.3 is 5.32 Å². The molecule has 3 aromatic heterocycles. The van der Waals surface area contributed by atoms with Gasteiger partial charge in [0.05, 0.1) is 0 Å². The largest absolute Gasteiger partial charge is 0.302 e. The maximum atomic E-state index is 4.22. The first-order valence-corrected chi connectivity index (χ1v) is 8.80. The van der Waals surface area contributed by atoms with Crippen molar-refractivity contribution in [2.24, 2.45) is 0 Å². The number of hydrogen-bond donors (Lipinski definition) is 1. The second-order valence-corrected chi connectivity index (χ2v) is 7.04. The van der Waals surface area contributed by atoms with Crippen molar-refractivity contribution in [2.75, 3.05) is 0 Å². The summed E-state index contributed by atoms with van der Waals surface area (Å²) in [5, 5.41) is 8.04. The third-order valence-corrected chi connectivity index (χ3v) is 5.39. The summed E-state index contributed by atoms with van der Waals surface area (Å²) < 4.78 is 0. The minimum absolute atomic E-state index is 0.283. The van der Waals surface area contributed by atoms with E-state index in [0.717, 1.165) is 6.42 Å². The van der Waals surface area contributed by atoms with Gasteiger partial charge in [0.2, 0.25) is 0 Å². The summed E-state index contributed by atoms with van der Waals surface area (Å²) in [7, 11) is 0. The summed E-state index contributed by atoms with van der Waals surface area (Å²) >= 11 is 3.64. The predicted octanol–water partition coefficient (Wildman–Crippen LogP) is 4.84. The summed E-state index contributed by atoms with van der Waals surface area (Å²) in [6.07, 6.45) is 4.79. The van der Waals surface area contributed by atoms with Crippen molar-refractivity contribution >= 4 is 22.7 Å². The monoisotopic (exact) mass is 314 g/mol. The van der Waals surface area contributed by atoms with E-state index in [-0.39, 0.29) is 6.04 Å². The first-order valence-electron chi connectivity index (χ1n) is 7.04. The Morgan fingerprint density at radius 1 is 1.10 bits per heavy atom. The fourth-order valence-corrected chi connectivity index (χ4v) is 3.93. The fraction of sp³-hybridized carbons (Fsp3) is 0.235. The third kappa shape index (κ3) is 3.79. The molecule has 0 aliphatic rings. The normalized spacial score (nSPS) is 14.0. The van der Waals surface area contributed by atoms with Crippen LogP contribution in [0.1, 0.15) is 34.3 Å². The number of hydrogen-bond acceptors (Lipinski definition) is 4. The Balaban J connectivity index is 1.76. The molecule has 21 heavy (non-hydrogen) atoms. The molecule has 3 aromatic rings. The van der Waals surface area contributed by atoms with E-state index in [1.807, 2.05) is 41.1 Å². The van der Waals surface area contributed by atoms with Crippen molar-refractivity contribution in [3.8, 4) is 0 Å². The van der Waals surface area contributed by atoms with Crippen molar-refractivity contribution in [3.05, 3.63) is 74.9 Å². The average molecular weight is 314 g/mol. The molecule has 2 unspecified atom stereocenters. The molecular formula is C17H18N2S2. The van der Waals surface area contributed by atoms with Crippen molar-refractivity contribution in [1.29, 1.82) is 0 Å². The second-order valence-electron chi connectivity index (χ2n) is 5.03. The molecule has 4 heteroatoms. The molecule has 2 nitrogen and oxygen atoms in total. The fourth-order valence-electron chi connectivity index (χ4n) is 2.39. The van der Waals surface area contributed by atoms with E-state index in [0.29, 0.717) is 6.04 Å². The molecule has 1 N–H and O–H groups in total. The van der Waals surface area contributed by atoms with E-state index in [1.54, 1.807) is 0 Å². The zero-order valence-electron chi connectivity index (χ0n) is 11.9. The molecule has 0 radical (unpaired) electrons. The van der Waals surface area contributed by atoms with Crippen molar-refractivity contribution in [2.45, 2.75) is 25.4 Å². The Morgan fingerprint density at radius 3 is 2.62 bits per heavy atom. The van der Waals surface area contributed by atoms with Gasteiger partial charge in [0.25, 0.3) is 0 Å². The van der Waals surface area contributed by atoms with Crippen LogP contribution in [0.5, 0.6) is 0 Å². The first kappa shape index (κ1) is 14.4. The first-order chi connectivity index (χ1) is 10.3. The molecule has 0 aliphatic heterocycles. The summed E-state index contributed by atoms with van der Waals surface area (Å²) in [5.41, 5.74) is 1.23. The van der Waals surface area contributed by atoms with E-state index in [1.165, 1.54) is 15.3 Å². The molecule has 3 heterocycles. The van der Waals surface area contributed by atoms with Crippen LogP contribution in [0.3, 0.4) is 0 Å². The molecule has 0 fully saturated rings. The maximum Gasteiger partial charge on any atom is 0.0468 e. The summed E-state index contributed by atoms with van der Waals surface area (Å²) in [6.45, 7) is 2.20. The minimum atomic E-state index is 0.283. The van der Waals surface area contributed by atoms with Crippen LogP contribution >= 0.6 is 22.7 Å². The number of thiophene rings is 2. The van der Waals surface area contributed by atoms with Crippen LogP contribution in [-0.4, -0.2) is 4.98 Å². The van der Waals surface area contributed by atoms with Gasteiger partial charge in [-0.15, -0.1) is 22.7 Å². The maximum absolute atomic E-state index is 4.22. The Labute approximate surface area is 133 Å². The predicted molar refractivity (Wildman–Crippen MR) is 90.9 cm³/mol. The molecule has 0 aromatic carbocycles. The third-order valence-electron chi connectivity index (χ3n) is 3.51. The number of rotatable bonds is 6. The van der Waals surface area contributed by atoms with Crippen LogP contribution in [0.25, 0.3) is 0 Å². The second kappa shape index (κ2) is 6.98. The van der Waals surface area contributed by atoms with E-state index in [9.17, 15) is 0 Å². The topological polar surface area (TPSA) is 24.9 Å². The molecule has 0 bridgehead atoms. The lowest BCUT2D eigenvalue weighted by Crippen LogP contribution is -2.25. The van der Waals surface area contributed by atoms with Crippen LogP contribution in [0.2, 0.25) is 0 Å². The molecule has 0 saturated heterocycles. The van der Waals surface area contributed by atoms with Gasteiger partial charge in [0, 0.05) is 40.7 Å². The Kier molecular flexibility index (Phi) is 4.80. The SMILES string of the molecule is CC(NC(Cc1cccs1)c1cccs1)c1cccnc1. The van der Waals surface area contributed by atoms with E-state index >= 15 is 0 Å². The molecule has 3 rings (SSSR count). The Morgan fingerprint density at radius 2 is 1.95 bits per heavy atom. The summed E-state index contributed by atoms with van der Waals surface area (Å²) in [5.74, 6) is 0. The van der Waals surface area contributed by atoms with Crippen molar-refractivity contribution in [3.63, 3.8) is 0 Å². The molecule has 0 aliphatic carbocycles. The highest BCUT2D eigenvalue weighted by atomic mass is 32.1. The van der Waals surface area contributed by atoms with Gasteiger partial charge in [-0.3, -0.25) is 4.98 Å². The molecule has 108 valence electrons. The van der Waals surface area contributed by atoms with E-state index in [4.69, 9.17) is 0 Å². The van der Waals surface area contributed by atoms with Crippen LogP contribution < -0.4 is 5.32 Å². The van der Waals surface area contributed by atoms with Crippen LogP contribution in [0, 0.1) is 0 Å². The van der Waals surface area contributed by atoms with Crippen LogP contribution in [0.15, 0.2) is 59.6 Å². The lowest BCUT2D eigenvalue weighted by molar-refractivity contribution is 0.471. The standard InChI is InChI=1S/C17H18N2S2/c1-13(14-5-2-8-18-12-14)19-16(17-7-4-10-21-17)11-15-6-3-9-20-15/h2-10,12-13,16,19H,11H2,1H3. The van der Waals surface area contributed by atoms with Gasteiger partial charge in [-0.05, 0) is 41.4 Å². The number of nitrogens with zero attached hydrogens (tertiary/aromatic N) is 1. The highest BCUT2D eigenvalue weighted by molar-refractivity contribution is 7.10. The smallest absolute Gasteiger partial charge is 0.0468 e. The highest BCUT2D eigenvalue weighted by Gasteiger charge is 2.17.